The number of benzene rings is 2. The predicted octanol–water partition coefficient (Wildman–Crippen LogP) is 3.26. The van der Waals surface area contributed by atoms with Crippen molar-refractivity contribution >= 4 is 15.7 Å². The maximum atomic E-state index is 12.8. The molecule has 0 aliphatic rings. The third-order valence-electron chi connectivity index (χ3n) is 3.30. The van der Waals surface area contributed by atoms with Crippen molar-refractivity contribution in [2.24, 2.45) is 0 Å². The van der Waals surface area contributed by atoms with Crippen molar-refractivity contribution in [2.45, 2.75) is 23.6 Å². The van der Waals surface area contributed by atoms with E-state index in [-0.39, 0.29) is 16.1 Å². The van der Waals surface area contributed by atoms with Crippen LogP contribution in [0.25, 0.3) is 0 Å². The molecule has 1 atom stereocenters. The summed E-state index contributed by atoms with van der Waals surface area (Å²) >= 11 is 0. The maximum absolute atomic E-state index is 12.8. The zero-order valence-electron chi connectivity index (χ0n) is 12.0. The Labute approximate surface area is 131 Å². The summed E-state index contributed by atoms with van der Waals surface area (Å²) in [7, 11) is -3.82. The second kappa shape index (κ2) is 5.86. The first kappa shape index (κ1) is 17.3. The fourth-order valence-electron chi connectivity index (χ4n) is 1.84. The SMILES string of the molecule is CC(O)(c1ccc(NS(=O)(=O)c2ccccc2)cc1)C(F)(F)F. The number of alkyl halides is 3. The molecule has 4 nitrogen and oxygen atoms in total. The second-order valence-electron chi connectivity index (χ2n) is 5.07. The summed E-state index contributed by atoms with van der Waals surface area (Å²) in [4.78, 5) is 0.0337. The highest BCUT2D eigenvalue weighted by atomic mass is 32.2. The lowest BCUT2D eigenvalue weighted by Gasteiger charge is -2.26. The molecule has 124 valence electrons. The van der Waals surface area contributed by atoms with Gasteiger partial charge in [-0.2, -0.15) is 13.2 Å². The van der Waals surface area contributed by atoms with Crippen LogP contribution in [0.3, 0.4) is 0 Å². The lowest BCUT2D eigenvalue weighted by molar-refractivity contribution is -0.258. The standard InChI is InChI=1S/C15H14F3NO3S/c1-14(20,15(16,17)18)11-7-9-12(10-8-11)19-23(21,22)13-5-3-2-4-6-13/h2-10,19-20H,1H3. The zero-order chi connectivity index (χ0) is 17.3. The van der Waals surface area contributed by atoms with Crippen molar-refractivity contribution in [1.82, 2.24) is 0 Å². The molecular weight excluding hydrogens is 331 g/mol. The third kappa shape index (κ3) is 3.65. The third-order valence-corrected chi connectivity index (χ3v) is 4.70. The van der Waals surface area contributed by atoms with Crippen molar-refractivity contribution in [2.75, 3.05) is 4.72 Å². The van der Waals surface area contributed by atoms with E-state index in [1.807, 2.05) is 0 Å². The highest BCUT2D eigenvalue weighted by Crippen LogP contribution is 2.38. The molecule has 0 spiro atoms. The van der Waals surface area contributed by atoms with E-state index >= 15 is 0 Å². The van der Waals surface area contributed by atoms with E-state index in [0.717, 1.165) is 24.3 Å². The Morgan fingerprint density at radius 1 is 0.957 bits per heavy atom. The molecular formula is C15H14F3NO3S. The average Bonchev–Trinajstić information content (AvgIpc) is 2.47. The molecule has 2 aromatic carbocycles. The Bertz CT molecular complexity index is 770. The van der Waals surface area contributed by atoms with Crippen LogP contribution in [0, 0.1) is 0 Å². The fourth-order valence-corrected chi connectivity index (χ4v) is 2.92. The molecule has 0 aliphatic carbocycles. The molecule has 0 aromatic heterocycles. The first-order valence-electron chi connectivity index (χ1n) is 6.51. The lowest BCUT2D eigenvalue weighted by atomic mass is 9.95. The Balaban J connectivity index is 2.25. The van der Waals surface area contributed by atoms with Gasteiger partial charge in [0.25, 0.3) is 10.0 Å². The summed E-state index contributed by atoms with van der Waals surface area (Å²) in [6.07, 6.45) is -4.84. The number of hydrogen-bond donors (Lipinski definition) is 2. The first-order valence-corrected chi connectivity index (χ1v) is 8.00. The Morgan fingerprint density at radius 3 is 1.96 bits per heavy atom. The van der Waals surface area contributed by atoms with Crippen molar-refractivity contribution < 1.29 is 26.7 Å². The molecule has 23 heavy (non-hydrogen) atoms. The van der Waals surface area contributed by atoms with E-state index in [1.165, 1.54) is 12.1 Å². The molecule has 0 amide bonds. The molecule has 0 saturated heterocycles. The Hall–Kier alpha value is -2.06. The Kier molecular flexibility index (Phi) is 4.41. The highest BCUT2D eigenvalue weighted by molar-refractivity contribution is 7.92. The minimum absolute atomic E-state index is 0.0337. The van der Waals surface area contributed by atoms with Crippen LogP contribution in [-0.4, -0.2) is 19.7 Å². The van der Waals surface area contributed by atoms with Crippen molar-refractivity contribution in [3.63, 3.8) is 0 Å². The molecule has 1 unspecified atom stereocenters. The highest BCUT2D eigenvalue weighted by Gasteiger charge is 2.51. The first-order chi connectivity index (χ1) is 10.5. The van der Waals surface area contributed by atoms with Crippen molar-refractivity contribution in [3.8, 4) is 0 Å². The van der Waals surface area contributed by atoms with Gasteiger partial charge in [0, 0.05) is 5.69 Å². The van der Waals surface area contributed by atoms with Crippen LogP contribution in [-0.2, 0) is 15.6 Å². The van der Waals surface area contributed by atoms with Gasteiger partial charge in [-0.25, -0.2) is 8.42 Å². The van der Waals surface area contributed by atoms with Gasteiger partial charge in [0.15, 0.2) is 5.60 Å². The maximum Gasteiger partial charge on any atom is 0.421 e. The predicted molar refractivity (Wildman–Crippen MR) is 79.3 cm³/mol. The van der Waals surface area contributed by atoms with Crippen LogP contribution < -0.4 is 4.72 Å². The second-order valence-corrected chi connectivity index (χ2v) is 6.75. The quantitative estimate of drug-likeness (QED) is 0.894. The van der Waals surface area contributed by atoms with Gasteiger partial charge in [-0.15, -0.1) is 0 Å². The topological polar surface area (TPSA) is 66.4 Å². The van der Waals surface area contributed by atoms with Crippen LogP contribution in [0.4, 0.5) is 18.9 Å². The number of anilines is 1. The number of sulfonamides is 1. The summed E-state index contributed by atoms with van der Waals surface area (Å²) in [6.45, 7) is 0.635. The number of nitrogens with one attached hydrogen (secondary N) is 1. The summed E-state index contributed by atoms with van der Waals surface area (Å²) in [6, 6.07) is 11.9. The summed E-state index contributed by atoms with van der Waals surface area (Å²) < 4.78 is 64.7. The van der Waals surface area contributed by atoms with Crippen LogP contribution in [0.2, 0.25) is 0 Å². The minimum Gasteiger partial charge on any atom is -0.376 e. The number of rotatable bonds is 4. The molecule has 2 N–H and O–H groups in total. The number of aliphatic hydroxyl groups is 1. The van der Waals surface area contributed by atoms with Gasteiger partial charge in [-0.3, -0.25) is 4.72 Å². The summed E-state index contributed by atoms with van der Waals surface area (Å²) in [5.74, 6) is 0. The molecule has 2 aromatic rings. The van der Waals surface area contributed by atoms with E-state index < -0.39 is 21.8 Å². The normalized spacial score (nSPS) is 15.0. The van der Waals surface area contributed by atoms with E-state index in [1.54, 1.807) is 18.2 Å². The molecule has 0 heterocycles. The molecule has 0 bridgehead atoms. The van der Waals surface area contributed by atoms with E-state index in [9.17, 15) is 26.7 Å². The van der Waals surface area contributed by atoms with Gasteiger partial charge in [-0.1, -0.05) is 30.3 Å². The van der Waals surface area contributed by atoms with Crippen molar-refractivity contribution in [3.05, 3.63) is 60.2 Å². The van der Waals surface area contributed by atoms with Gasteiger partial charge >= 0.3 is 6.18 Å². The largest absolute Gasteiger partial charge is 0.421 e. The van der Waals surface area contributed by atoms with Crippen molar-refractivity contribution in [1.29, 1.82) is 0 Å². The number of hydrogen-bond acceptors (Lipinski definition) is 3. The van der Waals surface area contributed by atoms with Gasteiger partial charge in [0.2, 0.25) is 0 Å². The summed E-state index contributed by atoms with van der Waals surface area (Å²) in [5.41, 5.74) is -3.30. The molecule has 0 fully saturated rings. The van der Waals surface area contributed by atoms with Gasteiger partial charge in [0.05, 0.1) is 4.90 Å². The van der Waals surface area contributed by atoms with Gasteiger partial charge < -0.3 is 5.11 Å². The van der Waals surface area contributed by atoms with Crippen LogP contribution in [0.15, 0.2) is 59.5 Å². The van der Waals surface area contributed by atoms with Gasteiger partial charge in [-0.05, 0) is 36.8 Å². The van der Waals surface area contributed by atoms with E-state index in [4.69, 9.17) is 0 Å². The van der Waals surface area contributed by atoms with E-state index in [2.05, 4.69) is 4.72 Å². The fraction of sp³-hybridized carbons (Fsp3) is 0.200. The molecule has 0 aliphatic heterocycles. The van der Waals surface area contributed by atoms with Crippen LogP contribution in [0.5, 0.6) is 0 Å². The molecule has 8 heteroatoms. The molecule has 2 rings (SSSR count). The molecule has 0 radical (unpaired) electrons. The van der Waals surface area contributed by atoms with Crippen LogP contribution >= 0.6 is 0 Å². The summed E-state index contributed by atoms with van der Waals surface area (Å²) in [5, 5.41) is 9.56. The molecule has 0 saturated carbocycles. The Morgan fingerprint density at radius 2 is 1.48 bits per heavy atom. The smallest absolute Gasteiger partial charge is 0.376 e. The average molecular weight is 345 g/mol. The zero-order valence-corrected chi connectivity index (χ0v) is 12.8. The lowest BCUT2D eigenvalue weighted by Crippen LogP contribution is -2.39. The minimum atomic E-state index is -4.84. The monoisotopic (exact) mass is 345 g/mol. The van der Waals surface area contributed by atoms with E-state index in [0.29, 0.717) is 6.92 Å². The van der Waals surface area contributed by atoms with Crippen LogP contribution in [0.1, 0.15) is 12.5 Å². The number of halogens is 3. The van der Waals surface area contributed by atoms with Gasteiger partial charge in [0.1, 0.15) is 0 Å².